The summed E-state index contributed by atoms with van der Waals surface area (Å²) in [7, 11) is 0. The SMILES string of the molecule is NC(Br)c1ccc2c(c1)CCO2. The van der Waals surface area contributed by atoms with Crippen LogP contribution in [0.15, 0.2) is 18.2 Å². The standard InChI is InChI=1S/C9H10BrNO/c10-9(11)7-1-2-8-6(5-7)3-4-12-8/h1-2,5,9H,3-4,11H2. The summed E-state index contributed by atoms with van der Waals surface area (Å²) in [6.07, 6.45) is 1.00. The first-order valence-electron chi connectivity index (χ1n) is 3.92. The minimum absolute atomic E-state index is 0.0663. The quantitative estimate of drug-likeness (QED) is 0.589. The average molecular weight is 228 g/mol. The number of hydrogen-bond donors (Lipinski definition) is 1. The Balaban J connectivity index is 2.39. The highest BCUT2D eigenvalue weighted by molar-refractivity contribution is 9.09. The lowest BCUT2D eigenvalue weighted by molar-refractivity contribution is 0.357. The van der Waals surface area contributed by atoms with Gasteiger partial charge in [-0.1, -0.05) is 22.0 Å². The third-order valence-electron chi connectivity index (χ3n) is 2.03. The van der Waals surface area contributed by atoms with Gasteiger partial charge in [0, 0.05) is 6.42 Å². The molecule has 0 radical (unpaired) electrons. The second kappa shape index (κ2) is 3.07. The molecule has 12 heavy (non-hydrogen) atoms. The lowest BCUT2D eigenvalue weighted by Gasteiger charge is -2.05. The van der Waals surface area contributed by atoms with E-state index in [4.69, 9.17) is 10.5 Å². The third-order valence-corrected chi connectivity index (χ3v) is 2.56. The van der Waals surface area contributed by atoms with E-state index in [2.05, 4.69) is 22.0 Å². The van der Waals surface area contributed by atoms with Crippen molar-refractivity contribution in [3.05, 3.63) is 29.3 Å². The molecule has 2 rings (SSSR count). The molecular weight excluding hydrogens is 218 g/mol. The van der Waals surface area contributed by atoms with Crippen LogP contribution >= 0.6 is 15.9 Å². The molecule has 0 aliphatic carbocycles. The molecular formula is C9H10BrNO. The molecule has 1 unspecified atom stereocenters. The molecule has 0 bridgehead atoms. The first-order chi connectivity index (χ1) is 5.77. The second-order valence-electron chi connectivity index (χ2n) is 2.87. The van der Waals surface area contributed by atoms with Crippen molar-refractivity contribution in [2.24, 2.45) is 5.73 Å². The molecule has 0 aromatic heterocycles. The van der Waals surface area contributed by atoms with Gasteiger partial charge in [-0.15, -0.1) is 0 Å². The van der Waals surface area contributed by atoms with Crippen molar-refractivity contribution in [2.45, 2.75) is 11.4 Å². The van der Waals surface area contributed by atoms with E-state index in [-0.39, 0.29) is 4.95 Å². The molecule has 0 saturated carbocycles. The van der Waals surface area contributed by atoms with Crippen molar-refractivity contribution < 1.29 is 4.74 Å². The van der Waals surface area contributed by atoms with Gasteiger partial charge in [-0.05, 0) is 23.3 Å². The monoisotopic (exact) mass is 227 g/mol. The number of alkyl halides is 1. The van der Waals surface area contributed by atoms with Crippen LogP contribution in [-0.2, 0) is 6.42 Å². The molecule has 3 heteroatoms. The fourth-order valence-electron chi connectivity index (χ4n) is 1.38. The minimum Gasteiger partial charge on any atom is -0.493 e. The van der Waals surface area contributed by atoms with Gasteiger partial charge < -0.3 is 10.5 Å². The maximum atomic E-state index is 5.68. The molecule has 1 heterocycles. The molecule has 1 aliphatic rings. The van der Waals surface area contributed by atoms with Crippen LogP contribution in [-0.4, -0.2) is 6.61 Å². The zero-order valence-corrected chi connectivity index (χ0v) is 8.17. The number of benzene rings is 1. The third kappa shape index (κ3) is 1.34. The predicted octanol–water partition coefficient (Wildman–Crippen LogP) is 1.97. The van der Waals surface area contributed by atoms with Crippen LogP contribution in [0.4, 0.5) is 0 Å². The highest BCUT2D eigenvalue weighted by Crippen LogP contribution is 2.28. The Kier molecular flexibility index (Phi) is 2.07. The van der Waals surface area contributed by atoms with E-state index in [0.717, 1.165) is 24.3 Å². The van der Waals surface area contributed by atoms with Gasteiger partial charge in [0.1, 0.15) is 5.75 Å². The van der Waals surface area contributed by atoms with Crippen molar-refractivity contribution in [3.63, 3.8) is 0 Å². The van der Waals surface area contributed by atoms with E-state index in [0.29, 0.717) is 0 Å². The van der Waals surface area contributed by atoms with E-state index >= 15 is 0 Å². The lowest BCUT2D eigenvalue weighted by Crippen LogP contribution is -2.01. The van der Waals surface area contributed by atoms with Crippen molar-refractivity contribution in [1.29, 1.82) is 0 Å². The van der Waals surface area contributed by atoms with Gasteiger partial charge in [-0.2, -0.15) is 0 Å². The molecule has 1 atom stereocenters. The van der Waals surface area contributed by atoms with Crippen molar-refractivity contribution >= 4 is 15.9 Å². The number of ether oxygens (including phenoxy) is 1. The fraction of sp³-hybridized carbons (Fsp3) is 0.333. The summed E-state index contributed by atoms with van der Waals surface area (Å²) in [6, 6.07) is 6.07. The Hall–Kier alpha value is -0.540. The Morgan fingerprint density at radius 2 is 2.33 bits per heavy atom. The van der Waals surface area contributed by atoms with E-state index in [1.165, 1.54) is 5.56 Å². The topological polar surface area (TPSA) is 35.2 Å². The van der Waals surface area contributed by atoms with Crippen molar-refractivity contribution in [1.82, 2.24) is 0 Å². The van der Waals surface area contributed by atoms with Crippen LogP contribution < -0.4 is 10.5 Å². The lowest BCUT2D eigenvalue weighted by atomic mass is 10.1. The average Bonchev–Trinajstić information content (AvgIpc) is 2.49. The molecule has 1 aromatic rings. The number of nitrogens with two attached hydrogens (primary N) is 1. The van der Waals surface area contributed by atoms with Crippen LogP contribution in [0.3, 0.4) is 0 Å². The zero-order valence-electron chi connectivity index (χ0n) is 6.59. The molecule has 1 aromatic carbocycles. The fourth-order valence-corrected chi connectivity index (χ4v) is 1.66. The summed E-state index contributed by atoms with van der Waals surface area (Å²) in [5.74, 6) is 1.01. The van der Waals surface area contributed by atoms with Gasteiger partial charge >= 0.3 is 0 Å². The number of fused-ring (bicyclic) bond motifs is 1. The van der Waals surface area contributed by atoms with Gasteiger partial charge in [-0.25, -0.2) is 0 Å². The molecule has 64 valence electrons. The minimum atomic E-state index is -0.0663. The maximum Gasteiger partial charge on any atom is 0.122 e. The summed E-state index contributed by atoms with van der Waals surface area (Å²) in [5.41, 5.74) is 8.06. The number of halogens is 1. The van der Waals surface area contributed by atoms with Crippen LogP contribution in [0.1, 0.15) is 16.1 Å². The summed E-state index contributed by atoms with van der Waals surface area (Å²) >= 11 is 3.33. The Labute approximate surface area is 79.8 Å². The summed E-state index contributed by atoms with van der Waals surface area (Å²) < 4.78 is 5.38. The van der Waals surface area contributed by atoms with Crippen LogP contribution in [0.5, 0.6) is 5.75 Å². The smallest absolute Gasteiger partial charge is 0.122 e. The Bertz CT molecular complexity index is 299. The molecule has 0 spiro atoms. The van der Waals surface area contributed by atoms with E-state index < -0.39 is 0 Å². The highest BCUT2D eigenvalue weighted by Gasteiger charge is 2.13. The molecule has 2 N–H and O–H groups in total. The first-order valence-corrected chi connectivity index (χ1v) is 4.84. The van der Waals surface area contributed by atoms with Crippen LogP contribution in [0.2, 0.25) is 0 Å². The predicted molar refractivity (Wildman–Crippen MR) is 51.5 cm³/mol. The highest BCUT2D eigenvalue weighted by atomic mass is 79.9. The van der Waals surface area contributed by atoms with Crippen molar-refractivity contribution in [3.8, 4) is 5.75 Å². The summed E-state index contributed by atoms with van der Waals surface area (Å²) in [6.45, 7) is 0.802. The van der Waals surface area contributed by atoms with Gasteiger partial charge in [0.05, 0.1) is 11.6 Å². The van der Waals surface area contributed by atoms with E-state index in [1.807, 2.05) is 12.1 Å². The summed E-state index contributed by atoms with van der Waals surface area (Å²) in [4.78, 5) is -0.0663. The molecule has 1 aliphatic heterocycles. The Morgan fingerprint density at radius 1 is 1.50 bits per heavy atom. The van der Waals surface area contributed by atoms with Gasteiger partial charge in [0.2, 0.25) is 0 Å². The van der Waals surface area contributed by atoms with Crippen LogP contribution in [0.25, 0.3) is 0 Å². The van der Waals surface area contributed by atoms with Gasteiger partial charge in [0.25, 0.3) is 0 Å². The van der Waals surface area contributed by atoms with Gasteiger partial charge in [-0.3, -0.25) is 0 Å². The van der Waals surface area contributed by atoms with Crippen LogP contribution in [0, 0.1) is 0 Å². The normalized spacial score (nSPS) is 16.8. The first kappa shape index (κ1) is 8.08. The maximum absolute atomic E-state index is 5.68. The molecule has 0 amide bonds. The zero-order chi connectivity index (χ0) is 8.55. The van der Waals surface area contributed by atoms with E-state index in [9.17, 15) is 0 Å². The number of hydrogen-bond acceptors (Lipinski definition) is 2. The second-order valence-corrected chi connectivity index (χ2v) is 3.85. The molecule has 0 fully saturated rings. The Morgan fingerprint density at radius 3 is 3.08 bits per heavy atom. The number of rotatable bonds is 1. The summed E-state index contributed by atoms with van der Waals surface area (Å²) in [5, 5.41) is 0. The van der Waals surface area contributed by atoms with Crippen molar-refractivity contribution in [2.75, 3.05) is 6.61 Å². The largest absolute Gasteiger partial charge is 0.493 e. The molecule has 0 saturated heterocycles. The van der Waals surface area contributed by atoms with E-state index in [1.54, 1.807) is 0 Å². The molecule has 2 nitrogen and oxygen atoms in total. The van der Waals surface area contributed by atoms with Gasteiger partial charge in [0.15, 0.2) is 0 Å².